The Hall–Kier alpha value is -2.62. The molecule has 1 N–H and O–H groups in total. The molecule has 0 radical (unpaired) electrons. The minimum atomic E-state index is -0.209. The molecule has 0 spiro atoms. The first kappa shape index (κ1) is 18.2. The number of ether oxygens (including phenoxy) is 1. The van der Waals surface area contributed by atoms with Gasteiger partial charge in [-0.05, 0) is 36.6 Å². The number of esters is 1. The summed E-state index contributed by atoms with van der Waals surface area (Å²) in [7, 11) is 0. The average Bonchev–Trinajstić information content (AvgIpc) is 3.00. The summed E-state index contributed by atoms with van der Waals surface area (Å²) in [5.41, 5.74) is 4.13. The van der Waals surface area contributed by atoms with Gasteiger partial charge >= 0.3 is 5.97 Å². The molecule has 136 valence electrons. The number of nitrogens with zero attached hydrogens (tertiary/aromatic N) is 1. The summed E-state index contributed by atoms with van der Waals surface area (Å²) in [6.45, 7) is 5.09. The molecule has 1 aliphatic heterocycles. The fraction of sp³-hybridized carbons (Fsp3) is 0.364. The topological polar surface area (TPSA) is 53.4 Å². The van der Waals surface area contributed by atoms with Gasteiger partial charge in [-0.15, -0.1) is 0 Å². The summed E-state index contributed by atoms with van der Waals surface area (Å²) in [5.74, 6) is 0.176. The van der Waals surface area contributed by atoms with Gasteiger partial charge in [0, 0.05) is 11.3 Å². The van der Waals surface area contributed by atoms with Crippen LogP contribution < -0.4 is 4.90 Å². The molecule has 0 fully saturated rings. The molecule has 2 aromatic carbocycles. The summed E-state index contributed by atoms with van der Waals surface area (Å²) in [5, 5.41) is 8.43. The molecule has 4 nitrogen and oxygen atoms in total. The van der Waals surface area contributed by atoms with Gasteiger partial charge in [-0.3, -0.25) is 10.2 Å². The van der Waals surface area contributed by atoms with Crippen molar-refractivity contribution in [2.24, 2.45) is 0 Å². The van der Waals surface area contributed by atoms with Crippen molar-refractivity contribution in [2.75, 3.05) is 11.5 Å². The highest BCUT2D eigenvalue weighted by atomic mass is 16.5. The molecule has 26 heavy (non-hydrogen) atoms. The van der Waals surface area contributed by atoms with E-state index in [0.29, 0.717) is 19.0 Å². The van der Waals surface area contributed by atoms with Gasteiger partial charge in [0.1, 0.15) is 5.84 Å². The Morgan fingerprint density at radius 1 is 1.15 bits per heavy atom. The first-order valence-corrected chi connectivity index (χ1v) is 9.36. The van der Waals surface area contributed by atoms with E-state index in [1.807, 2.05) is 54.3 Å². The van der Waals surface area contributed by atoms with Crippen LogP contribution in [0.2, 0.25) is 0 Å². The van der Waals surface area contributed by atoms with Crippen LogP contribution in [-0.4, -0.2) is 18.4 Å². The molecule has 0 saturated carbocycles. The predicted octanol–water partition coefficient (Wildman–Crippen LogP) is 4.87. The van der Waals surface area contributed by atoms with E-state index in [0.717, 1.165) is 36.1 Å². The van der Waals surface area contributed by atoms with E-state index in [1.165, 1.54) is 5.56 Å². The molecular weight excluding hydrogens is 324 g/mol. The second-order valence-electron chi connectivity index (χ2n) is 6.63. The van der Waals surface area contributed by atoms with E-state index in [1.54, 1.807) is 0 Å². The molecule has 1 unspecified atom stereocenters. The number of carbonyl (C=O) groups is 1. The standard InChI is InChI=1S/C22H26N2O2/c1-3-5-9-20(22(25)26-4-2)16-11-13-18(14-12-16)24-15-17-8-6-7-10-19(17)21(24)23/h6-8,10-14,20,23H,3-5,9,15H2,1-2H3. The Balaban J connectivity index is 1.79. The normalized spacial score (nSPS) is 14.2. The average molecular weight is 350 g/mol. The molecule has 0 amide bonds. The van der Waals surface area contributed by atoms with Crippen molar-refractivity contribution in [3.63, 3.8) is 0 Å². The second kappa shape index (κ2) is 8.17. The molecule has 1 atom stereocenters. The lowest BCUT2D eigenvalue weighted by Crippen LogP contribution is -2.23. The lowest BCUT2D eigenvalue weighted by atomic mass is 9.93. The maximum absolute atomic E-state index is 12.3. The van der Waals surface area contributed by atoms with E-state index in [4.69, 9.17) is 10.1 Å². The maximum atomic E-state index is 12.3. The molecule has 0 saturated heterocycles. The summed E-state index contributed by atoms with van der Waals surface area (Å²) < 4.78 is 5.26. The minimum absolute atomic E-state index is 0.143. The quantitative estimate of drug-likeness (QED) is 0.725. The zero-order chi connectivity index (χ0) is 18.5. The Kier molecular flexibility index (Phi) is 5.71. The molecule has 3 rings (SSSR count). The zero-order valence-electron chi connectivity index (χ0n) is 15.5. The first-order valence-electron chi connectivity index (χ1n) is 9.36. The Labute approximate surface area is 155 Å². The van der Waals surface area contributed by atoms with Gasteiger partial charge in [0.2, 0.25) is 0 Å². The van der Waals surface area contributed by atoms with Crippen molar-refractivity contribution in [1.82, 2.24) is 0 Å². The number of anilines is 1. The number of rotatable bonds is 7. The van der Waals surface area contributed by atoms with E-state index >= 15 is 0 Å². The van der Waals surface area contributed by atoms with Gasteiger partial charge in [-0.25, -0.2) is 0 Å². The van der Waals surface area contributed by atoms with Crippen molar-refractivity contribution < 1.29 is 9.53 Å². The van der Waals surface area contributed by atoms with Crippen LogP contribution in [0.3, 0.4) is 0 Å². The number of nitrogens with one attached hydrogen (secondary N) is 1. The number of fused-ring (bicyclic) bond motifs is 1. The van der Waals surface area contributed by atoms with Crippen LogP contribution in [0.4, 0.5) is 5.69 Å². The van der Waals surface area contributed by atoms with Gasteiger partial charge in [0.05, 0.1) is 19.1 Å². The van der Waals surface area contributed by atoms with Crippen LogP contribution >= 0.6 is 0 Å². The van der Waals surface area contributed by atoms with Crippen LogP contribution in [0, 0.1) is 5.41 Å². The predicted molar refractivity (Wildman–Crippen MR) is 105 cm³/mol. The van der Waals surface area contributed by atoms with Crippen molar-refractivity contribution >= 4 is 17.5 Å². The molecule has 0 aromatic heterocycles. The Bertz CT molecular complexity index is 783. The lowest BCUT2D eigenvalue weighted by molar-refractivity contribution is -0.145. The lowest BCUT2D eigenvalue weighted by Gasteiger charge is -2.20. The summed E-state index contributed by atoms with van der Waals surface area (Å²) in [6, 6.07) is 16.1. The largest absolute Gasteiger partial charge is 0.466 e. The number of hydrogen-bond donors (Lipinski definition) is 1. The van der Waals surface area contributed by atoms with E-state index in [2.05, 4.69) is 13.0 Å². The monoisotopic (exact) mass is 350 g/mol. The van der Waals surface area contributed by atoms with Gasteiger partial charge in [-0.2, -0.15) is 0 Å². The van der Waals surface area contributed by atoms with Gasteiger partial charge in [0.15, 0.2) is 0 Å². The van der Waals surface area contributed by atoms with E-state index in [-0.39, 0.29) is 11.9 Å². The second-order valence-corrected chi connectivity index (χ2v) is 6.63. The molecule has 1 aliphatic rings. The maximum Gasteiger partial charge on any atom is 0.313 e. The SMILES string of the molecule is CCCCC(C(=O)OCC)c1ccc(N2Cc3ccccc3C2=N)cc1. The Morgan fingerprint density at radius 2 is 1.88 bits per heavy atom. The summed E-state index contributed by atoms with van der Waals surface area (Å²) in [6.07, 6.45) is 2.86. The third-order valence-corrected chi connectivity index (χ3v) is 4.90. The number of carbonyl (C=O) groups excluding carboxylic acids is 1. The van der Waals surface area contributed by atoms with Gasteiger partial charge in [-0.1, -0.05) is 56.2 Å². The van der Waals surface area contributed by atoms with E-state index < -0.39 is 0 Å². The summed E-state index contributed by atoms with van der Waals surface area (Å²) >= 11 is 0. The third kappa shape index (κ3) is 3.64. The molecule has 4 heteroatoms. The van der Waals surface area contributed by atoms with Crippen LogP contribution in [0.1, 0.15) is 55.7 Å². The van der Waals surface area contributed by atoms with Crippen molar-refractivity contribution in [1.29, 1.82) is 5.41 Å². The Morgan fingerprint density at radius 3 is 2.54 bits per heavy atom. The van der Waals surface area contributed by atoms with Crippen molar-refractivity contribution in [3.05, 3.63) is 65.2 Å². The van der Waals surface area contributed by atoms with Gasteiger partial charge in [0.25, 0.3) is 0 Å². The highest BCUT2D eigenvalue weighted by Crippen LogP contribution is 2.30. The third-order valence-electron chi connectivity index (χ3n) is 4.90. The smallest absolute Gasteiger partial charge is 0.313 e. The fourth-order valence-corrected chi connectivity index (χ4v) is 3.46. The molecule has 0 bridgehead atoms. The molecule has 1 heterocycles. The van der Waals surface area contributed by atoms with Gasteiger partial charge < -0.3 is 9.64 Å². The first-order chi connectivity index (χ1) is 12.7. The number of hydrogen-bond acceptors (Lipinski definition) is 3. The van der Waals surface area contributed by atoms with Crippen LogP contribution in [0.5, 0.6) is 0 Å². The number of amidine groups is 1. The minimum Gasteiger partial charge on any atom is -0.466 e. The highest BCUT2D eigenvalue weighted by molar-refractivity contribution is 6.11. The molecule has 2 aromatic rings. The summed E-state index contributed by atoms with van der Waals surface area (Å²) in [4.78, 5) is 14.3. The van der Waals surface area contributed by atoms with Crippen LogP contribution in [0.25, 0.3) is 0 Å². The van der Waals surface area contributed by atoms with Crippen molar-refractivity contribution in [2.45, 2.75) is 45.6 Å². The van der Waals surface area contributed by atoms with E-state index in [9.17, 15) is 4.79 Å². The van der Waals surface area contributed by atoms with Crippen molar-refractivity contribution in [3.8, 4) is 0 Å². The number of benzene rings is 2. The fourth-order valence-electron chi connectivity index (χ4n) is 3.46. The molecular formula is C22H26N2O2. The van der Waals surface area contributed by atoms with Crippen LogP contribution in [-0.2, 0) is 16.1 Å². The zero-order valence-corrected chi connectivity index (χ0v) is 15.5. The molecule has 0 aliphatic carbocycles. The van der Waals surface area contributed by atoms with Crippen LogP contribution in [0.15, 0.2) is 48.5 Å². The number of unbranched alkanes of at least 4 members (excludes halogenated alkanes) is 1. The highest BCUT2D eigenvalue weighted by Gasteiger charge is 2.26.